The molecule has 1 fully saturated rings. The number of hydrogen-bond donors (Lipinski definition) is 1. The first-order valence-electron chi connectivity index (χ1n) is 5.22. The molecule has 0 aromatic carbocycles. The van der Waals surface area contributed by atoms with Crippen molar-refractivity contribution in [1.82, 2.24) is 10.2 Å². The second-order valence-corrected chi connectivity index (χ2v) is 3.91. The highest BCUT2D eigenvalue weighted by atomic mass is 15.2. The van der Waals surface area contributed by atoms with Crippen LogP contribution in [-0.4, -0.2) is 37.1 Å². The summed E-state index contributed by atoms with van der Waals surface area (Å²) in [5.74, 6) is 0.852. The standard InChI is InChI=1S/C10H22N2/c1-4-9(3)8-12(5-2)10-6-11-7-10/h9-11H,4-8H2,1-3H3. The molecule has 1 N–H and O–H groups in total. The number of nitrogens with one attached hydrogen (secondary N) is 1. The van der Waals surface area contributed by atoms with Gasteiger partial charge in [0.15, 0.2) is 0 Å². The van der Waals surface area contributed by atoms with Crippen LogP contribution in [-0.2, 0) is 0 Å². The minimum absolute atomic E-state index is 0.823. The molecule has 2 nitrogen and oxygen atoms in total. The summed E-state index contributed by atoms with van der Waals surface area (Å²) < 4.78 is 0. The first kappa shape index (κ1) is 10.0. The van der Waals surface area contributed by atoms with Crippen molar-refractivity contribution >= 4 is 0 Å². The Morgan fingerprint density at radius 2 is 2.08 bits per heavy atom. The van der Waals surface area contributed by atoms with Crippen LogP contribution in [0.3, 0.4) is 0 Å². The summed E-state index contributed by atoms with van der Waals surface area (Å²) >= 11 is 0. The summed E-state index contributed by atoms with van der Waals surface area (Å²) in [4.78, 5) is 2.60. The van der Waals surface area contributed by atoms with E-state index in [2.05, 4.69) is 31.0 Å². The molecule has 0 aliphatic carbocycles. The first-order valence-corrected chi connectivity index (χ1v) is 5.22. The lowest BCUT2D eigenvalue weighted by molar-refractivity contribution is 0.133. The minimum Gasteiger partial charge on any atom is -0.314 e. The lowest BCUT2D eigenvalue weighted by atomic mass is 10.1. The Morgan fingerprint density at radius 1 is 1.42 bits per heavy atom. The van der Waals surface area contributed by atoms with Crippen molar-refractivity contribution in [3.8, 4) is 0 Å². The van der Waals surface area contributed by atoms with E-state index in [-0.39, 0.29) is 0 Å². The number of nitrogens with zero attached hydrogens (tertiary/aromatic N) is 1. The van der Waals surface area contributed by atoms with E-state index in [1.54, 1.807) is 0 Å². The molecule has 1 aliphatic heterocycles. The summed E-state index contributed by atoms with van der Waals surface area (Å²) in [6.07, 6.45) is 1.30. The minimum atomic E-state index is 0.823. The summed E-state index contributed by atoms with van der Waals surface area (Å²) in [6.45, 7) is 11.8. The molecule has 1 heterocycles. The van der Waals surface area contributed by atoms with E-state index < -0.39 is 0 Å². The van der Waals surface area contributed by atoms with Crippen molar-refractivity contribution in [2.45, 2.75) is 33.2 Å². The van der Waals surface area contributed by atoms with Gasteiger partial charge in [0.2, 0.25) is 0 Å². The Hall–Kier alpha value is -0.0800. The number of hydrogen-bond acceptors (Lipinski definition) is 2. The van der Waals surface area contributed by atoms with Gasteiger partial charge >= 0.3 is 0 Å². The monoisotopic (exact) mass is 170 g/mol. The first-order chi connectivity index (χ1) is 5.77. The third kappa shape index (κ3) is 2.46. The molecule has 1 unspecified atom stereocenters. The molecule has 0 aromatic heterocycles. The highest BCUT2D eigenvalue weighted by Crippen LogP contribution is 2.10. The van der Waals surface area contributed by atoms with E-state index in [0.29, 0.717) is 0 Å². The Kier molecular flexibility index (Phi) is 4.02. The predicted octanol–water partition coefficient (Wildman–Crippen LogP) is 1.33. The summed E-state index contributed by atoms with van der Waals surface area (Å²) in [5.41, 5.74) is 0. The normalized spacial score (nSPS) is 21.0. The van der Waals surface area contributed by atoms with Crippen LogP contribution >= 0.6 is 0 Å². The molecule has 0 amide bonds. The Labute approximate surface area is 76.3 Å². The quantitative estimate of drug-likeness (QED) is 0.669. The van der Waals surface area contributed by atoms with Crippen molar-refractivity contribution in [2.24, 2.45) is 5.92 Å². The summed E-state index contributed by atoms with van der Waals surface area (Å²) in [6, 6.07) is 0.823. The molecule has 12 heavy (non-hydrogen) atoms. The Morgan fingerprint density at radius 3 is 2.42 bits per heavy atom. The Balaban J connectivity index is 2.24. The molecular formula is C10H22N2. The molecule has 72 valence electrons. The molecule has 1 saturated heterocycles. The second kappa shape index (κ2) is 4.83. The van der Waals surface area contributed by atoms with Gasteiger partial charge in [0, 0.05) is 25.7 Å². The van der Waals surface area contributed by atoms with E-state index >= 15 is 0 Å². The van der Waals surface area contributed by atoms with E-state index in [9.17, 15) is 0 Å². The van der Waals surface area contributed by atoms with Gasteiger partial charge in [0.25, 0.3) is 0 Å². The molecule has 0 saturated carbocycles. The van der Waals surface area contributed by atoms with E-state index in [1.807, 2.05) is 0 Å². The van der Waals surface area contributed by atoms with Crippen molar-refractivity contribution < 1.29 is 0 Å². The molecule has 1 aliphatic rings. The average molecular weight is 170 g/mol. The van der Waals surface area contributed by atoms with Crippen molar-refractivity contribution in [3.63, 3.8) is 0 Å². The molecular weight excluding hydrogens is 148 g/mol. The third-order valence-corrected chi connectivity index (χ3v) is 2.93. The van der Waals surface area contributed by atoms with Gasteiger partial charge < -0.3 is 5.32 Å². The van der Waals surface area contributed by atoms with E-state index in [0.717, 1.165) is 12.0 Å². The van der Waals surface area contributed by atoms with Crippen molar-refractivity contribution in [3.05, 3.63) is 0 Å². The van der Waals surface area contributed by atoms with Crippen LogP contribution in [0.4, 0.5) is 0 Å². The number of rotatable bonds is 5. The smallest absolute Gasteiger partial charge is 0.0345 e. The molecule has 0 radical (unpaired) electrons. The van der Waals surface area contributed by atoms with Gasteiger partial charge in [0.05, 0.1) is 0 Å². The molecule has 1 atom stereocenters. The zero-order chi connectivity index (χ0) is 8.97. The lowest BCUT2D eigenvalue weighted by Gasteiger charge is -2.38. The van der Waals surface area contributed by atoms with Gasteiger partial charge in [-0.3, -0.25) is 4.90 Å². The fourth-order valence-corrected chi connectivity index (χ4v) is 1.60. The van der Waals surface area contributed by atoms with Gasteiger partial charge in [-0.1, -0.05) is 27.2 Å². The molecule has 0 bridgehead atoms. The van der Waals surface area contributed by atoms with Crippen LogP contribution in [0.2, 0.25) is 0 Å². The van der Waals surface area contributed by atoms with Gasteiger partial charge in [-0.2, -0.15) is 0 Å². The molecule has 2 heteroatoms. The summed E-state index contributed by atoms with van der Waals surface area (Å²) in [7, 11) is 0. The van der Waals surface area contributed by atoms with Crippen LogP contribution in [0, 0.1) is 5.92 Å². The maximum Gasteiger partial charge on any atom is 0.0345 e. The average Bonchev–Trinajstić information content (AvgIpc) is 1.99. The van der Waals surface area contributed by atoms with Gasteiger partial charge in [-0.15, -0.1) is 0 Å². The molecule has 0 spiro atoms. The van der Waals surface area contributed by atoms with Crippen LogP contribution in [0.25, 0.3) is 0 Å². The zero-order valence-electron chi connectivity index (χ0n) is 8.64. The molecule has 0 aromatic rings. The highest BCUT2D eigenvalue weighted by molar-refractivity contribution is 4.84. The Bertz CT molecular complexity index is 121. The fraction of sp³-hybridized carbons (Fsp3) is 1.00. The van der Waals surface area contributed by atoms with Crippen LogP contribution < -0.4 is 5.32 Å². The van der Waals surface area contributed by atoms with Gasteiger partial charge in [-0.25, -0.2) is 0 Å². The summed E-state index contributed by atoms with van der Waals surface area (Å²) in [5, 5.41) is 3.33. The van der Waals surface area contributed by atoms with Crippen molar-refractivity contribution in [2.75, 3.05) is 26.2 Å². The van der Waals surface area contributed by atoms with Crippen LogP contribution in [0.15, 0.2) is 0 Å². The fourth-order valence-electron chi connectivity index (χ4n) is 1.60. The van der Waals surface area contributed by atoms with Crippen LogP contribution in [0.5, 0.6) is 0 Å². The van der Waals surface area contributed by atoms with E-state index in [4.69, 9.17) is 0 Å². The maximum atomic E-state index is 3.33. The van der Waals surface area contributed by atoms with Crippen LogP contribution in [0.1, 0.15) is 27.2 Å². The van der Waals surface area contributed by atoms with Gasteiger partial charge in [-0.05, 0) is 12.5 Å². The third-order valence-electron chi connectivity index (χ3n) is 2.93. The highest BCUT2D eigenvalue weighted by Gasteiger charge is 2.23. The lowest BCUT2D eigenvalue weighted by Crippen LogP contribution is -2.57. The van der Waals surface area contributed by atoms with Crippen molar-refractivity contribution in [1.29, 1.82) is 0 Å². The molecule has 1 rings (SSSR count). The maximum absolute atomic E-state index is 3.33. The SMILES string of the molecule is CCC(C)CN(CC)C1CNC1. The number of likely N-dealkylation sites (N-methyl/N-ethyl adjacent to an activating group) is 1. The topological polar surface area (TPSA) is 15.3 Å². The van der Waals surface area contributed by atoms with E-state index in [1.165, 1.54) is 32.6 Å². The van der Waals surface area contributed by atoms with Gasteiger partial charge in [0.1, 0.15) is 0 Å². The largest absolute Gasteiger partial charge is 0.314 e. The predicted molar refractivity (Wildman–Crippen MR) is 53.4 cm³/mol. The second-order valence-electron chi connectivity index (χ2n) is 3.91. The zero-order valence-corrected chi connectivity index (χ0v) is 8.64.